The SMILES string of the molecule is CC(C)CCNC(=O)c1ccc(C[S@@](=O)c2ccccc2Cl)o1. The van der Waals surface area contributed by atoms with Crippen LogP contribution in [0.2, 0.25) is 5.02 Å². The van der Waals surface area contributed by atoms with Crippen molar-refractivity contribution in [2.75, 3.05) is 6.54 Å². The van der Waals surface area contributed by atoms with Crippen molar-refractivity contribution in [3.63, 3.8) is 0 Å². The first-order valence-corrected chi connectivity index (χ1v) is 9.17. The Balaban J connectivity index is 1.95. The molecule has 0 unspecified atom stereocenters. The van der Waals surface area contributed by atoms with Gasteiger partial charge in [-0.2, -0.15) is 0 Å². The maximum Gasteiger partial charge on any atom is 0.286 e. The van der Waals surface area contributed by atoms with E-state index in [1.54, 1.807) is 36.4 Å². The van der Waals surface area contributed by atoms with E-state index in [0.717, 1.165) is 6.42 Å². The molecule has 0 radical (unpaired) electrons. The van der Waals surface area contributed by atoms with E-state index in [0.29, 0.717) is 28.1 Å². The first kappa shape index (κ1) is 17.8. The van der Waals surface area contributed by atoms with Crippen LogP contribution in [-0.4, -0.2) is 16.7 Å². The third-order valence-corrected chi connectivity index (χ3v) is 5.08. The van der Waals surface area contributed by atoms with Gasteiger partial charge in [-0.25, -0.2) is 0 Å². The molecule has 23 heavy (non-hydrogen) atoms. The summed E-state index contributed by atoms with van der Waals surface area (Å²) in [4.78, 5) is 12.5. The Morgan fingerprint density at radius 1 is 1.26 bits per heavy atom. The highest BCUT2D eigenvalue weighted by Crippen LogP contribution is 2.22. The Kier molecular flexibility index (Phi) is 6.42. The Bertz CT molecular complexity index is 697. The fourth-order valence-corrected chi connectivity index (χ4v) is 3.45. The molecule has 1 N–H and O–H groups in total. The highest BCUT2D eigenvalue weighted by atomic mass is 35.5. The van der Waals surface area contributed by atoms with Crippen LogP contribution < -0.4 is 5.32 Å². The largest absolute Gasteiger partial charge is 0.455 e. The molecule has 2 rings (SSSR count). The maximum absolute atomic E-state index is 12.3. The lowest BCUT2D eigenvalue weighted by atomic mass is 10.1. The second-order valence-electron chi connectivity index (χ2n) is 5.62. The van der Waals surface area contributed by atoms with Crippen LogP contribution in [0.4, 0.5) is 0 Å². The van der Waals surface area contributed by atoms with Crippen LogP contribution in [0.25, 0.3) is 0 Å². The monoisotopic (exact) mass is 353 g/mol. The van der Waals surface area contributed by atoms with Crippen LogP contribution in [0.15, 0.2) is 45.7 Å². The van der Waals surface area contributed by atoms with Crippen molar-refractivity contribution >= 4 is 28.3 Å². The van der Waals surface area contributed by atoms with Gasteiger partial charge >= 0.3 is 0 Å². The van der Waals surface area contributed by atoms with Crippen molar-refractivity contribution in [2.24, 2.45) is 5.92 Å². The molecule has 0 fully saturated rings. The number of rotatable bonds is 7. The van der Waals surface area contributed by atoms with E-state index in [4.69, 9.17) is 16.0 Å². The number of furan rings is 1. The van der Waals surface area contributed by atoms with Gasteiger partial charge in [-0.05, 0) is 36.6 Å². The highest BCUT2D eigenvalue weighted by Gasteiger charge is 2.14. The number of hydrogen-bond acceptors (Lipinski definition) is 3. The summed E-state index contributed by atoms with van der Waals surface area (Å²) < 4.78 is 17.8. The number of carbonyl (C=O) groups excluding carboxylic acids is 1. The molecule has 124 valence electrons. The molecule has 1 amide bonds. The maximum atomic E-state index is 12.3. The standard InChI is InChI=1S/C17H20ClNO3S/c1-12(2)9-10-19-17(20)15-8-7-13(22-15)11-23(21)16-6-4-3-5-14(16)18/h3-8,12H,9-11H2,1-2H3,(H,19,20)/t23-/m1/s1. The van der Waals surface area contributed by atoms with Crippen LogP contribution in [0.5, 0.6) is 0 Å². The summed E-state index contributed by atoms with van der Waals surface area (Å²) in [5, 5.41) is 3.27. The molecule has 1 aromatic heterocycles. The van der Waals surface area contributed by atoms with Crippen LogP contribution in [-0.2, 0) is 16.6 Å². The number of nitrogens with one attached hydrogen (secondary N) is 1. The number of hydrogen-bond donors (Lipinski definition) is 1. The summed E-state index contributed by atoms with van der Waals surface area (Å²) in [5.41, 5.74) is 0. The number of halogens is 1. The average molecular weight is 354 g/mol. The summed E-state index contributed by atoms with van der Waals surface area (Å²) in [6, 6.07) is 10.3. The lowest BCUT2D eigenvalue weighted by Crippen LogP contribution is -2.24. The van der Waals surface area contributed by atoms with E-state index >= 15 is 0 Å². The molecule has 1 heterocycles. The molecule has 2 aromatic rings. The average Bonchev–Trinajstić information content (AvgIpc) is 2.95. The Morgan fingerprint density at radius 3 is 2.70 bits per heavy atom. The van der Waals surface area contributed by atoms with Gasteiger partial charge in [-0.1, -0.05) is 37.6 Å². The Labute approximate surface area is 143 Å². The van der Waals surface area contributed by atoms with Gasteiger partial charge in [0, 0.05) is 6.54 Å². The second kappa shape index (κ2) is 8.31. The highest BCUT2D eigenvalue weighted by molar-refractivity contribution is 7.84. The molecular formula is C17H20ClNO3S. The Hall–Kier alpha value is -1.59. The van der Waals surface area contributed by atoms with Crippen LogP contribution in [0.3, 0.4) is 0 Å². The molecule has 0 bridgehead atoms. The minimum atomic E-state index is -1.31. The smallest absolute Gasteiger partial charge is 0.286 e. The molecule has 0 aliphatic heterocycles. The van der Waals surface area contributed by atoms with Gasteiger partial charge in [0.2, 0.25) is 0 Å². The first-order chi connectivity index (χ1) is 11.0. The topological polar surface area (TPSA) is 59.3 Å². The van der Waals surface area contributed by atoms with Gasteiger partial charge in [0.05, 0.1) is 26.5 Å². The predicted octanol–water partition coefficient (Wildman–Crippen LogP) is 4.02. The summed E-state index contributed by atoms with van der Waals surface area (Å²) in [6.45, 7) is 4.81. The van der Waals surface area contributed by atoms with Gasteiger partial charge in [0.1, 0.15) is 5.76 Å². The van der Waals surface area contributed by atoms with E-state index in [-0.39, 0.29) is 17.4 Å². The summed E-state index contributed by atoms with van der Waals surface area (Å²) in [5.74, 6) is 1.20. The molecule has 0 saturated carbocycles. The second-order valence-corrected chi connectivity index (χ2v) is 7.45. The predicted molar refractivity (Wildman–Crippen MR) is 92.1 cm³/mol. The lowest BCUT2D eigenvalue weighted by Gasteiger charge is -2.05. The van der Waals surface area contributed by atoms with Crippen molar-refractivity contribution in [2.45, 2.75) is 30.9 Å². The third-order valence-electron chi connectivity index (χ3n) is 3.25. The van der Waals surface area contributed by atoms with Crippen LogP contribution in [0.1, 0.15) is 36.6 Å². The molecule has 0 aliphatic rings. The fraction of sp³-hybridized carbons (Fsp3) is 0.353. The molecule has 0 saturated heterocycles. The van der Waals surface area contributed by atoms with Gasteiger partial charge in [0.25, 0.3) is 5.91 Å². The summed E-state index contributed by atoms with van der Waals surface area (Å²) in [6.07, 6.45) is 0.913. The van der Waals surface area contributed by atoms with Crippen LogP contribution in [0, 0.1) is 5.92 Å². The van der Waals surface area contributed by atoms with Gasteiger partial charge < -0.3 is 9.73 Å². The van der Waals surface area contributed by atoms with Crippen molar-refractivity contribution < 1.29 is 13.4 Å². The van der Waals surface area contributed by atoms with Crippen molar-refractivity contribution in [1.82, 2.24) is 5.32 Å². The number of carbonyl (C=O) groups is 1. The quantitative estimate of drug-likeness (QED) is 0.817. The molecular weight excluding hydrogens is 334 g/mol. The van der Waals surface area contributed by atoms with Gasteiger partial charge in [-0.3, -0.25) is 9.00 Å². The van der Waals surface area contributed by atoms with E-state index in [2.05, 4.69) is 19.2 Å². The first-order valence-electron chi connectivity index (χ1n) is 7.47. The summed E-state index contributed by atoms with van der Waals surface area (Å²) >= 11 is 6.04. The summed E-state index contributed by atoms with van der Waals surface area (Å²) in [7, 11) is -1.31. The fourth-order valence-electron chi connectivity index (χ4n) is 1.98. The zero-order chi connectivity index (χ0) is 16.8. The normalized spacial score (nSPS) is 12.3. The molecule has 1 atom stereocenters. The number of benzene rings is 1. The minimum Gasteiger partial charge on any atom is -0.455 e. The molecule has 4 nitrogen and oxygen atoms in total. The molecule has 6 heteroatoms. The Morgan fingerprint density at radius 2 is 2.00 bits per heavy atom. The molecule has 0 spiro atoms. The molecule has 0 aliphatic carbocycles. The molecule has 1 aromatic carbocycles. The zero-order valence-corrected chi connectivity index (χ0v) is 14.7. The van der Waals surface area contributed by atoms with Crippen molar-refractivity contribution in [1.29, 1.82) is 0 Å². The van der Waals surface area contributed by atoms with Gasteiger partial charge in [-0.15, -0.1) is 0 Å². The minimum absolute atomic E-state index is 0.184. The zero-order valence-electron chi connectivity index (χ0n) is 13.2. The lowest BCUT2D eigenvalue weighted by molar-refractivity contribution is 0.0923. The number of amides is 1. The van der Waals surface area contributed by atoms with E-state index in [9.17, 15) is 9.00 Å². The van der Waals surface area contributed by atoms with Crippen LogP contribution >= 0.6 is 11.6 Å². The van der Waals surface area contributed by atoms with Crippen molar-refractivity contribution in [3.8, 4) is 0 Å². The van der Waals surface area contributed by atoms with E-state index in [1.165, 1.54) is 0 Å². The van der Waals surface area contributed by atoms with E-state index < -0.39 is 10.8 Å². The van der Waals surface area contributed by atoms with Crippen molar-refractivity contribution in [3.05, 3.63) is 52.9 Å². The third kappa shape index (κ3) is 5.22. The van der Waals surface area contributed by atoms with E-state index in [1.807, 2.05) is 0 Å². The van der Waals surface area contributed by atoms with Gasteiger partial charge in [0.15, 0.2) is 5.76 Å².